The number of hydrogen-bond acceptors (Lipinski definition) is 3. The SMILES string of the molecule is Nc1nc2ccc(-c3ccccc3OC(F)(F)F)cc2[nH]1. The van der Waals surface area contributed by atoms with Crippen LogP contribution in [0.2, 0.25) is 0 Å². The minimum atomic E-state index is -4.74. The highest BCUT2D eigenvalue weighted by Crippen LogP contribution is 2.34. The topological polar surface area (TPSA) is 63.9 Å². The summed E-state index contributed by atoms with van der Waals surface area (Å²) in [4.78, 5) is 6.88. The van der Waals surface area contributed by atoms with Crippen LogP contribution in [0.25, 0.3) is 22.2 Å². The van der Waals surface area contributed by atoms with Crippen LogP contribution in [0, 0.1) is 0 Å². The van der Waals surface area contributed by atoms with Crippen molar-refractivity contribution in [3.05, 3.63) is 42.5 Å². The Balaban J connectivity index is 2.09. The Bertz CT molecular complexity index is 796. The van der Waals surface area contributed by atoms with E-state index in [-0.39, 0.29) is 11.7 Å². The van der Waals surface area contributed by atoms with E-state index in [1.54, 1.807) is 30.3 Å². The summed E-state index contributed by atoms with van der Waals surface area (Å²) >= 11 is 0. The fraction of sp³-hybridized carbons (Fsp3) is 0.0714. The standard InChI is InChI=1S/C14H10F3N3O/c15-14(16,17)21-12-4-2-1-3-9(12)8-5-6-10-11(7-8)20-13(18)19-10/h1-7H,(H3,18,19,20). The molecule has 2 aromatic carbocycles. The molecule has 0 unspecified atom stereocenters. The number of anilines is 1. The Morgan fingerprint density at radius 1 is 1.10 bits per heavy atom. The highest BCUT2D eigenvalue weighted by molar-refractivity contribution is 5.84. The van der Waals surface area contributed by atoms with E-state index in [0.717, 1.165) is 0 Å². The van der Waals surface area contributed by atoms with Crippen molar-refractivity contribution in [1.29, 1.82) is 0 Å². The average Bonchev–Trinajstić information content (AvgIpc) is 2.76. The Kier molecular flexibility index (Phi) is 2.97. The first-order valence-electron chi connectivity index (χ1n) is 6.03. The number of aromatic amines is 1. The third kappa shape index (κ3) is 2.76. The minimum Gasteiger partial charge on any atom is -0.405 e. The second-order valence-electron chi connectivity index (χ2n) is 4.40. The van der Waals surface area contributed by atoms with Gasteiger partial charge in [-0.25, -0.2) is 4.98 Å². The highest BCUT2D eigenvalue weighted by atomic mass is 19.4. The van der Waals surface area contributed by atoms with E-state index in [4.69, 9.17) is 5.73 Å². The van der Waals surface area contributed by atoms with Crippen LogP contribution in [0.4, 0.5) is 19.1 Å². The van der Waals surface area contributed by atoms with Gasteiger partial charge in [0.2, 0.25) is 0 Å². The molecule has 0 fully saturated rings. The summed E-state index contributed by atoms with van der Waals surface area (Å²) in [6.07, 6.45) is -4.74. The first-order chi connectivity index (χ1) is 9.92. The summed E-state index contributed by atoms with van der Waals surface area (Å²) in [5.74, 6) is -0.00110. The molecule has 0 aliphatic carbocycles. The van der Waals surface area contributed by atoms with Crippen molar-refractivity contribution in [2.24, 2.45) is 0 Å². The molecule has 0 bridgehead atoms. The molecule has 0 aliphatic heterocycles. The number of fused-ring (bicyclic) bond motifs is 1. The molecular weight excluding hydrogens is 283 g/mol. The maximum absolute atomic E-state index is 12.4. The van der Waals surface area contributed by atoms with Crippen LogP contribution in [0.3, 0.4) is 0 Å². The number of hydrogen-bond donors (Lipinski definition) is 2. The van der Waals surface area contributed by atoms with Crippen LogP contribution in [0.15, 0.2) is 42.5 Å². The summed E-state index contributed by atoms with van der Waals surface area (Å²) in [6, 6.07) is 11.0. The highest BCUT2D eigenvalue weighted by Gasteiger charge is 2.32. The number of nitrogen functional groups attached to an aromatic ring is 1. The average molecular weight is 293 g/mol. The number of nitrogens with one attached hydrogen (secondary N) is 1. The first-order valence-corrected chi connectivity index (χ1v) is 6.03. The lowest BCUT2D eigenvalue weighted by Gasteiger charge is -2.13. The first kappa shape index (κ1) is 13.3. The quantitative estimate of drug-likeness (QED) is 0.757. The van der Waals surface area contributed by atoms with Gasteiger partial charge in [0.25, 0.3) is 0 Å². The van der Waals surface area contributed by atoms with Gasteiger partial charge >= 0.3 is 6.36 Å². The molecule has 21 heavy (non-hydrogen) atoms. The molecular formula is C14H10F3N3O. The summed E-state index contributed by atoms with van der Waals surface area (Å²) < 4.78 is 41.4. The number of para-hydroxylation sites is 1. The number of rotatable bonds is 2. The number of imidazole rings is 1. The predicted octanol–water partition coefficient (Wildman–Crippen LogP) is 3.71. The van der Waals surface area contributed by atoms with E-state index in [2.05, 4.69) is 14.7 Å². The summed E-state index contributed by atoms with van der Waals surface area (Å²) in [5, 5.41) is 0. The summed E-state index contributed by atoms with van der Waals surface area (Å²) in [6.45, 7) is 0. The van der Waals surface area contributed by atoms with Crippen LogP contribution >= 0.6 is 0 Å². The molecule has 3 aromatic rings. The molecule has 1 heterocycles. The maximum atomic E-state index is 12.4. The van der Waals surface area contributed by atoms with Crippen LogP contribution in [-0.2, 0) is 0 Å². The van der Waals surface area contributed by atoms with Gasteiger partial charge in [0.05, 0.1) is 11.0 Å². The third-order valence-corrected chi connectivity index (χ3v) is 2.92. The second kappa shape index (κ2) is 4.69. The van der Waals surface area contributed by atoms with E-state index in [0.29, 0.717) is 22.2 Å². The molecule has 0 saturated carbocycles. The monoisotopic (exact) mass is 293 g/mol. The largest absolute Gasteiger partial charge is 0.573 e. The fourth-order valence-corrected chi connectivity index (χ4v) is 2.12. The number of alkyl halides is 3. The van der Waals surface area contributed by atoms with Crippen molar-refractivity contribution in [2.45, 2.75) is 6.36 Å². The van der Waals surface area contributed by atoms with Gasteiger partial charge in [0.1, 0.15) is 5.75 Å². The van der Waals surface area contributed by atoms with E-state index >= 15 is 0 Å². The molecule has 108 valence electrons. The van der Waals surface area contributed by atoms with Crippen molar-refractivity contribution in [2.75, 3.05) is 5.73 Å². The minimum absolute atomic E-state index is 0.252. The Labute approximate surface area is 117 Å². The smallest absolute Gasteiger partial charge is 0.405 e. The van der Waals surface area contributed by atoms with Gasteiger partial charge in [0.15, 0.2) is 5.95 Å². The van der Waals surface area contributed by atoms with Crippen LogP contribution in [0.5, 0.6) is 5.75 Å². The van der Waals surface area contributed by atoms with Crippen LogP contribution in [-0.4, -0.2) is 16.3 Å². The molecule has 3 N–H and O–H groups in total. The van der Waals surface area contributed by atoms with Gasteiger partial charge in [-0.3, -0.25) is 0 Å². The van der Waals surface area contributed by atoms with Crippen LogP contribution < -0.4 is 10.5 Å². The molecule has 3 rings (SSSR count). The predicted molar refractivity (Wildman–Crippen MR) is 72.6 cm³/mol. The van der Waals surface area contributed by atoms with Gasteiger partial charge in [-0.05, 0) is 23.8 Å². The number of nitrogens with two attached hydrogens (primary N) is 1. The van der Waals surface area contributed by atoms with E-state index in [1.165, 1.54) is 12.1 Å². The Morgan fingerprint density at radius 3 is 2.62 bits per heavy atom. The molecule has 0 spiro atoms. The lowest BCUT2D eigenvalue weighted by molar-refractivity contribution is -0.274. The summed E-state index contributed by atoms with van der Waals surface area (Å²) in [7, 11) is 0. The molecule has 1 aromatic heterocycles. The van der Waals surface area contributed by atoms with Gasteiger partial charge in [-0.15, -0.1) is 13.2 Å². The normalized spacial score (nSPS) is 11.8. The number of aromatic nitrogens is 2. The number of ether oxygens (including phenoxy) is 1. The van der Waals surface area contributed by atoms with Crippen molar-refractivity contribution in [3.63, 3.8) is 0 Å². The lowest BCUT2D eigenvalue weighted by Crippen LogP contribution is -2.17. The van der Waals surface area contributed by atoms with Gasteiger partial charge in [0, 0.05) is 5.56 Å². The molecule has 7 heteroatoms. The second-order valence-corrected chi connectivity index (χ2v) is 4.40. The van der Waals surface area contributed by atoms with Gasteiger partial charge < -0.3 is 15.5 Å². The molecule has 0 aliphatic rings. The molecule has 0 saturated heterocycles. The zero-order valence-corrected chi connectivity index (χ0v) is 10.6. The van der Waals surface area contributed by atoms with Gasteiger partial charge in [-0.1, -0.05) is 24.3 Å². The van der Waals surface area contributed by atoms with Crippen molar-refractivity contribution in [1.82, 2.24) is 9.97 Å². The zero-order chi connectivity index (χ0) is 15.0. The lowest BCUT2D eigenvalue weighted by atomic mass is 10.0. The zero-order valence-electron chi connectivity index (χ0n) is 10.6. The maximum Gasteiger partial charge on any atom is 0.573 e. The fourth-order valence-electron chi connectivity index (χ4n) is 2.12. The third-order valence-electron chi connectivity index (χ3n) is 2.92. The van der Waals surface area contributed by atoms with E-state index in [9.17, 15) is 13.2 Å². The van der Waals surface area contributed by atoms with Crippen molar-refractivity contribution >= 4 is 17.0 Å². The van der Waals surface area contributed by atoms with Crippen molar-refractivity contribution < 1.29 is 17.9 Å². The molecule has 0 amide bonds. The number of benzene rings is 2. The molecule has 0 radical (unpaired) electrons. The Morgan fingerprint density at radius 2 is 1.86 bits per heavy atom. The molecule has 0 atom stereocenters. The Hall–Kier alpha value is -2.70. The molecule has 4 nitrogen and oxygen atoms in total. The number of H-pyrrole nitrogens is 1. The number of nitrogens with zero attached hydrogens (tertiary/aromatic N) is 1. The van der Waals surface area contributed by atoms with Crippen molar-refractivity contribution in [3.8, 4) is 16.9 Å². The van der Waals surface area contributed by atoms with E-state index in [1.807, 2.05) is 0 Å². The number of halogens is 3. The van der Waals surface area contributed by atoms with E-state index < -0.39 is 6.36 Å². The van der Waals surface area contributed by atoms with Gasteiger partial charge in [-0.2, -0.15) is 0 Å². The summed E-state index contributed by atoms with van der Waals surface area (Å²) in [5.41, 5.74) is 7.75. The van der Waals surface area contributed by atoms with Crippen LogP contribution in [0.1, 0.15) is 0 Å².